The van der Waals surface area contributed by atoms with Gasteiger partial charge in [-0.25, -0.2) is 0 Å². The number of nitrogens with zero attached hydrogens (tertiary/aromatic N) is 1. The average Bonchev–Trinajstić information content (AvgIpc) is 2.31. The van der Waals surface area contributed by atoms with Crippen molar-refractivity contribution in [2.75, 3.05) is 33.3 Å². The Hall–Kier alpha value is -0.510. The summed E-state index contributed by atoms with van der Waals surface area (Å²) in [5, 5.41) is 4.09. The van der Waals surface area contributed by atoms with Gasteiger partial charge in [-0.1, -0.05) is 17.7 Å². The quantitative estimate of drug-likeness (QED) is 0.772. The SMILES string of the molecule is COC1=CC(N2CCNCC2)CC=C1Cl. The molecule has 0 amide bonds. The lowest BCUT2D eigenvalue weighted by molar-refractivity contribution is 0.194. The van der Waals surface area contributed by atoms with E-state index in [9.17, 15) is 0 Å². The Kier molecular flexibility index (Phi) is 3.67. The van der Waals surface area contributed by atoms with Crippen LogP contribution in [0.15, 0.2) is 22.9 Å². The van der Waals surface area contributed by atoms with Gasteiger partial charge in [-0.05, 0) is 12.5 Å². The van der Waals surface area contributed by atoms with E-state index in [1.54, 1.807) is 7.11 Å². The Bertz CT molecular complexity index is 282. The second-order valence-electron chi connectivity index (χ2n) is 3.88. The summed E-state index contributed by atoms with van der Waals surface area (Å²) >= 11 is 6.02. The Morgan fingerprint density at radius 1 is 1.47 bits per heavy atom. The average molecular weight is 229 g/mol. The fourth-order valence-electron chi connectivity index (χ4n) is 2.08. The second kappa shape index (κ2) is 5.01. The highest BCUT2D eigenvalue weighted by Crippen LogP contribution is 2.25. The molecule has 0 aromatic heterocycles. The summed E-state index contributed by atoms with van der Waals surface area (Å²) in [5.41, 5.74) is 0. The molecule has 4 heteroatoms. The van der Waals surface area contributed by atoms with Crippen LogP contribution in [0.25, 0.3) is 0 Å². The highest BCUT2D eigenvalue weighted by atomic mass is 35.5. The van der Waals surface area contributed by atoms with Crippen molar-refractivity contribution < 1.29 is 4.74 Å². The zero-order chi connectivity index (χ0) is 10.7. The molecule has 1 saturated heterocycles. The number of ether oxygens (including phenoxy) is 1. The highest BCUT2D eigenvalue weighted by Gasteiger charge is 2.22. The summed E-state index contributed by atoms with van der Waals surface area (Å²) in [4.78, 5) is 2.47. The number of nitrogens with one attached hydrogen (secondary N) is 1. The maximum absolute atomic E-state index is 6.02. The predicted octanol–water partition coefficient (Wildman–Crippen LogP) is 1.32. The maximum atomic E-state index is 6.02. The van der Waals surface area contributed by atoms with Gasteiger partial charge in [-0.2, -0.15) is 0 Å². The zero-order valence-corrected chi connectivity index (χ0v) is 9.76. The van der Waals surface area contributed by atoms with E-state index in [1.807, 2.05) is 6.08 Å². The Morgan fingerprint density at radius 3 is 2.87 bits per heavy atom. The molecule has 1 fully saturated rings. The number of methoxy groups -OCH3 is 1. The van der Waals surface area contributed by atoms with Crippen LogP contribution < -0.4 is 5.32 Å². The van der Waals surface area contributed by atoms with Gasteiger partial charge in [0.1, 0.15) is 5.76 Å². The third-order valence-corrected chi connectivity index (χ3v) is 3.30. The fourth-order valence-corrected chi connectivity index (χ4v) is 2.31. The molecule has 15 heavy (non-hydrogen) atoms. The standard InChI is InChI=1S/C11H17ClN2O/c1-15-11-8-9(2-3-10(11)12)14-6-4-13-5-7-14/h3,8-9,13H,2,4-7H2,1H3. The van der Waals surface area contributed by atoms with Crippen molar-refractivity contribution in [3.8, 4) is 0 Å². The minimum atomic E-state index is 0.449. The number of rotatable bonds is 2. The molecule has 3 nitrogen and oxygen atoms in total. The van der Waals surface area contributed by atoms with Crippen molar-refractivity contribution in [2.24, 2.45) is 0 Å². The largest absolute Gasteiger partial charge is 0.495 e. The van der Waals surface area contributed by atoms with E-state index in [-0.39, 0.29) is 0 Å². The van der Waals surface area contributed by atoms with Crippen LogP contribution in [0.2, 0.25) is 0 Å². The molecule has 0 bridgehead atoms. The van der Waals surface area contributed by atoms with Crippen LogP contribution >= 0.6 is 11.6 Å². The van der Waals surface area contributed by atoms with E-state index >= 15 is 0 Å². The molecule has 0 aromatic rings. The minimum absolute atomic E-state index is 0.449. The van der Waals surface area contributed by atoms with E-state index in [4.69, 9.17) is 16.3 Å². The summed E-state index contributed by atoms with van der Waals surface area (Å²) in [6.45, 7) is 4.35. The van der Waals surface area contributed by atoms with Crippen molar-refractivity contribution >= 4 is 11.6 Å². The summed E-state index contributed by atoms with van der Waals surface area (Å²) in [5.74, 6) is 0.812. The lowest BCUT2D eigenvalue weighted by Crippen LogP contribution is -2.48. The lowest BCUT2D eigenvalue weighted by Gasteiger charge is -2.34. The van der Waals surface area contributed by atoms with Crippen molar-refractivity contribution in [2.45, 2.75) is 12.5 Å². The van der Waals surface area contributed by atoms with E-state index in [0.717, 1.165) is 43.4 Å². The molecular weight excluding hydrogens is 212 g/mol. The maximum Gasteiger partial charge on any atom is 0.134 e. The van der Waals surface area contributed by atoms with Crippen molar-refractivity contribution in [3.05, 3.63) is 22.9 Å². The van der Waals surface area contributed by atoms with E-state index < -0.39 is 0 Å². The molecule has 1 unspecified atom stereocenters. The molecule has 1 aliphatic carbocycles. The Balaban J connectivity index is 2.02. The fraction of sp³-hybridized carbons (Fsp3) is 0.636. The molecule has 0 spiro atoms. The highest BCUT2D eigenvalue weighted by molar-refractivity contribution is 6.31. The molecule has 0 saturated carbocycles. The summed E-state index contributed by atoms with van der Waals surface area (Å²) in [6, 6.07) is 0.449. The van der Waals surface area contributed by atoms with Gasteiger partial charge >= 0.3 is 0 Å². The third kappa shape index (κ3) is 2.54. The summed E-state index contributed by atoms with van der Waals surface area (Å²) in [6.07, 6.45) is 5.17. The van der Waals surface area contributed by atoms with Gasteiger partial charge in [0.25, 0.3) is 0 Å². The second-order valence-corrected chi connectivity index (χ2v) is 4.28. The van der Waals surface area contributed by atoms with Crippen LogP contribution in [0.1, 0.15) is 6.42 Å². The first-order valence-corrected chi connectivity index (χ1v) is 5.75. The molecule has 1 atom stereocenters. The predicted molar refractivity (Wildman–Crippen MR) is 61.9 cm³/mol. The molecule has 2 rings (SSSR count). The zero-order valence-electron chi connectivity index (χ0n) is 9.00. The number of piperazine rings is 1. The third-order valence-electron chi connectivity index (χ3n) is 2.96. The molecule has 1 N–H and O–H groups in total. The van der Waals surface area contributed by atoms with Gasteiger partial charge < -0.3 is 10.1 Å². The van der Waals surface area contributed by atoms with E-state index in [1.165, 1.54) is 0 Å². The van der Waals surface area contributed by atoms with E-state index in [2.05, 4.69) is 16.3 Å². The van der Waals surface area contributed by atoms with Gasteiger partial charge in [0.2, 0.25) is 0 Å². The van der Waals surface area contributed by atoms with Gasteiger partial charge in [-0.3, -0.25) is 4.90 Å². The van der Waals surface area contributed by atoms with Crippen molar-refractivity contribution in [3.63, 3.8) is 0 Å². The van der Waals surface area contributed by atoms with Crippen molar-refractivity contribution in [1.82, 2.24) is 10.2 Å². The first kappa shape index (κ1) is 11.0. The summed E-state index contributed by atoms with van der Waals surface area (Å²) in [7, 11) is 1.67. The van der Waals surface area contributed by atoms with Crippen LogP contribution in [-0.2, 0) is 4.74 Å². The number of halogens is 1. The normalized spacial score (nSPS) is 28.3. The Morgan fingerprint density at radius 2 is 2.20 bits per heavy atom. The van der Waals surface area contributed by atoms with Crippen molar-refractivity contribution in [1.29, 1.82) is 0 Å². The molecule has 2 aliphatic rings. The first-order chi connectivity index (χ1) is 7.31. The number of allylic oxidation sites excluding steroid dienone is 1. The number of hydrogen-bond donors (Lipinski definition) is 1. The van der Waals surface area contributed by atoms with Gasteiger partial charge in [0, 0.05) is 32.2 Å². The van der Waals surface area contributed by atoms with Crippen LogP contribution in [0.3, 0.4) is 0 Å². The van der Waals surface area contributed by atoms with Gasteiger partial charge in [0.05, 0.1) is 12.1 Å². The van der Waals surface area contributed by atoms with Crippen LogP contribution in [-0.4, -0.2) is 44.2 Å². The molecule has 0 aromatic carbocycles. The van der Waals surface area contributed by atoms with Gasteiger partial charge in [0.15, 0.2) is 0 Å². The Labute approximate surface area is 95.7 Å². The topological polar surface area (TPSA) is 24.5 Å². The first-order valence-electron chi connectivity index (χ1n) is 5.38. The smallest absolute Gasteiger partial charge is 0.134 e. The van der Waals surface area contributed by atoms with E-state index in [0.29, 0.717) is 6.04 Å². The lowest BCUT2D eigenvalue weighted by atomic mass is 10.1. The van der Waals surface area contributed by atoms with Gasteiger partial charge in [-0.15, -0.1) is 0 Å². The van der Waals surface area contributed by atoms with Crippen LogP contribution in [0, 0.1) is 0 Å². The molecular formula is C11H17ClN2O. The monoisotopic (exact) mass is 228 g/mol. The molecule has 0 radical (unpaired) electrons. The number of hydrogen-bond acceptors (Lipinski definition) is 3. The molecule has 1 aliphatic heterocycles. The molecule has 84 valence electrons. The van der Waals surface area contributed by atoms with Crippen LogP contribution in [0.4, 0.5) is 0 Å². The van der Waals surface area contributed by atoms with Crippen LogP contribution in [0.5, 0.6) is 0 Å². The minimum Gasteiger partial charge on any atom is -0.495 e. The summed E-state index contributed by atoms with van der Waals surface area (Å²) < 4.78 is 5.24. The molecule has 1 heterocycles.